The fraction of sp³-hybridized carbons (Fsp3) is 0.462. The number of hydrogen-bond acceptors (Lipinski definition) is 9. The molecule has 1 aromatic carbocycles. The molecule has 24 heavy (non-hydrogen) atoms. The first-order valence-electron chi connectivity index (χ1n) is 6.50. The van der Waals surface area contributed by atoms with E-state index in [2.05, 4.69) is 13.1 Å². The van der Waals surface area contributed by atoms with Gasteiger partial charge in [0.15, 0.2) is 6.61 Å². The molecule has 0 aliphatic rings. The minimum Gasteiger partial charge on any atom is -0.482 e. The highest BCUT2D eigenvalue weighted by molar-refractivity contribution is 7.86. The van der Waals surface area contributed by atoms with Crippen molar-refractivity contribution < 1.29 is 39.5 Å². The van der Waals surface area contributed by atoms with E-state index in [4.69, 9.17) is 4.74 Å². The molecule has 0 amide bonds. The Kier molecular flexibility index (Phi) is 7.14. The molecule has 0 saturated carbocycles. The fourth-order valence-electron chi connectivity index (χ4n) is 1.53. The summed E-state index contributed by atoms with van der Waals surface area (Å²) in [5.41, 5.74) is 0.796. The van der Waals surface area contributed by atoms with Crippen LogP contribution >= 0.6 is 0 Å². The summed E-state index contributed by atoms with van der Waals surface area (Å²) in [4.78, 5) is 11.1. The van der Waals surface area contributed by atoms with Gasteiger partial charge in [0, 0.05) is 0 Å². The summed E-state index contributed by atoms with van der Waals surface area (Å²) in [6, 6.07) is 4.41. The third-order valence-corrected chi connectivity index (χ3v) is 3.58. The van der Waals surface area contributed by atoms with E-state index in [1.54, 1.807) is 0 Å². The molecule has 9 nitrogen and oxygen atoms in total. The Labute approximate surface area is 140 Å². The topological polar surface area (TPSA) is 122 Å². The van der Waals surface area contributed by atoms with Gasteiger partial charge >= 0.3 is 5.97 Å². The van der Waals surface area contributed by atoms with E-state index in [0.717, 1.165) is 12.5 Å². The number of carbonyl (C=O) groups excluding carboxylic acids is 1. The molecular formula is C13H18O9S2. The SMILES string of the molecule is COC(=O)COc1cc(COS(C)(=O)=O)cc(COS(C)(=O)=O)c1. The first-order valence-corrected chi connectivity index (χ1v) is 10.1. The van der Waals surface area contributed by atoms with Gasteiger partial charge in [0.1, 0.15) is 5.75 Å². The molecule has 0 spiro atoms. The Morgan fingerprint density at radius 2 is 1.38 bits per heavy atom. The van der Waals surface area contributed by atoms with Crippen molar-refractivity contribution in [1.82, 2.24) is 0 Å². The van der Waals surface area contributed by atoms with E-state index in [0.29, 0.717) is 11.1 Å². The Morgan fingerprint density at radius 3 is 1.75 bits per heavy atom. The van der Waals surface area contributed by atoms with Crippen molar-refractivity contribution in [1.29, 1.82) is 0 Å². The van der Waals surface area contributed by atoms with Gasteiger partial charge in [-0.2, -0.15) is 16.8 Å². The van der Waals surface area contributed by atoms with Gasteiger partial charge in [0.25, 0.3) is 20.2 Å². The number of benzene rings is 1. The Hall–Kier alpha value is -1.69. The van der Waals surface area contributed by atoms with Crippen molar-refractivity contribution in [3.8, 4) is 5.75 Å². The van der Waals surface area contributed by atoms with Crippen molar-refractivity contribution in [2.24, 2.45) is 0 Å². The summed E-state index contributed by atoms with van der Waals surface area (Å²) in [6.45, 7) is -0.917. The van der Waals surface area contributed by atoms with Crippen molar-refractivity contribution in [3.05, 3.63) is 29.3 Å². The predicted octanol–water partition coefficient (Wildman–Crippen LogP) is 0.191. The van der Waals surface area contributed by atoms with E-state index in [1.165, 1.54) is 25.3 Å². The average Bonchev–Trinajstić information content (AvgIpc) is 2.47. The van der Waals surface area contributed by atoms with Gasteiger partial charge in [-0.15, -0.1) is 0 Å². The molecule has 11 heteroatoms. The molecule has 0 N–H and O–H groups in total. The molecule has 0 saturated heterocycles. The predicted molar refractivity (Wildman–Crippen MR) is 83.2 cm³/mol. The van der Waals surface area contributed by atoms with Crippen LogP contribution in [0.4, 0.5) is 0 Å². The molecule has 0 aliphatic carbocycles. The number of methoxy groups -OCH3 is 1. The molecule has 0 unspecified atom stereocenters. The van der Waals surface area contributed by atoms with Gasteiger partial charge in [-0.05, 0) is 23.3 Å². The van der Waals surface area contributed by atoms with Gasteiger partial charge in [0.05, 0.1) is 32.8 Å². The van der Waals surface area contributed by atoms with Crippen LogP contribution in [-0.4, -0.2) is 49.0 Å². The Bertz CT molecular complexity index is 727. The minimum atomic E-state index is -3.66. The van der Waals surface area contributed by atoms with Crippen molar-refractivity contribution in [3.63, 3.8) is 0 Å². The van der Waals surface area contributed by atoms with Crippen molar-refractivity contribution in [2.75, 3.05) is 26.2 Å². The normalized spacial score (nSPS) is 12.0. The van der Waals surface area contributed by atoms with Gasteiger partial charge in [-0.1, -0.05) is 6.07 Å². The zero-order chi connectivity index (χ0) is 18.4. The molecule has 0 aliphatic heterocycles. The van der Waals surface area contributed by atoms with Crippen LogP contribution in [0.1, 0.15) is 11.1 Å². The number of rotatable bonds is 9. The molecule has 0 atom stereocenters. The molecule has 0 fully saturated rings. The fourth-order valence-corrected chi connectivity index (χ4v) is 2.23. The van der Waals surface area contributed by atoms with E-state index < -0.39 is 26.2 Å². The number of ether oxygens (including phenoxy) is 2. The second-order valence-corrected chi connectivity index (χ2v) is 8.07. The van der Waals surface area contributed by atoms with E-state index in [1.807, 2.05) is 0 Å². The lowest BCUT2D eigenvalue weighted by Crippen LogP contribution is -2.13. The molecule has 1 rings (SSSR count). The van der Waals surface area contributed by atoms with Gasteiger partial charge in [-0.3, -0.25) is 8.37 Å². The van der Waals surface area contributed by atoms with Crippen LogP contribution in [-0.2, 0) is 51.3 Å². The summed E-state index contributed by atoms with van der Waals surface area (Å²) < 4.78 is 63.3. The maximum absolute atomic E-state index is 11.1. The molecule has 0 bridgehead atoms. The van der Waals surface area contributed by atoms with E-state index in [-0.39, 0.29) is 25.6 Å². The lowest BCUT2D eigenvalue weighted by atomic mass is 10.1. The maximum Gasteiger partial charge on any atom is 0.343 e. The lowest BCUT2D eigenvalue weighted by Gasteiger charge is -2.11. The minimum absolute atomic E-state index is 0.210. The van der Waals surface area contributed by atoms with Crippen molar-refractivity contribution >= 4 is 26.2 Å². The molecule has 0 heterocycles. The highest BCUT2D eigenvalue weighted by Gasteiger charge is 2.10. The van der Waals surface area contributed by atoms with Gasteiger partial charge in [-0.25, -0.2) is 4.79 Å². The van der Waals surface area contributed by atoms with Crippen LogP contribution < -0.4 is 4.74 Å². The molecule has 136 valence electrons. The lowest BCUT2D eigenvalue weighted by molar-refractivity contribution is -0.142. The van der Waals surface area contributed by atoms with Crippen molar-refractivity contribution in [2.45, 2.75) is 13.2 Å². The Morgan fingerprint density at radius 1 is 0.917 bits per heavy atom. The number of esters is 1. The van der Waals surface area contributed by atoms with E-state index >= 15 is 0 Å². The van der Waals surface area contributed by atoms with Crippen LogP contribution in [0.5, 0.6) is 5.75 Å². The number of hydrogen-bond donors (Lipinski definition) is 0. The molecule has 0 radical (unpaired) electrons. The highest BCUT2D eigenvalue weighted by atomic mass is 32.2. The second-order valence-electron chi connectivity index (χ2n) is 4.78. The first-order chi connectivity index (χ1) is 11.0. The third kappa shape index (κ3) is 8.82. The maximum atomic E-state index is 11.1. The van der Waals surface area contributed by atoms with Crippen LogP contribution in [0, 0.1) is 0 Å². The number of carbonyl (C=O) groups is 1. The van der Waals surface area contributed by atoms with Gasteiger partial charge in [0.2, 0.25) is 0 Å². The summed E-state index contributed by atoms with van der Waals surface area (Å²) >= 11 is 0. The molecule has 1 aromatic rings. The van der Waals surface area contributed by atoms with Crippen LogP contribution in [0.15, 0.2) is 18.2 Å². The Balaban J connectivity index is 2.97. The zero-order valence-corrected chi connectivity index (χ0v) is 15.0. The quantitative estimate of drug-likeness (QED) is 0.435. The molecular weight excluding hydrogens is 364 g/mol. The largest absolute Gasteiger partial charge is 0.482 e. The van der Waals surface area contributed by atoms with Crippen LogP contribution in [0.25, 0.3) is 0 Å². The summed E-state index contributed by atoms with van der Waals surface area (Å²) in [6.07, 6.45) is 1.80. The summed E-state index contributed by atoms with van der Waals surface area (Å²) in [5, 5.41) is 0. The van der Waals surface area contributed by atoms with E-state index in [9.17, 15) is 21.6 Å². The smallest absolute Gasteiger partial charge is 0.343 e. The van der Waals surface area contributed by atoms with Gasteiger partial charge < -0.3 is 9.47 Å². The summed E-state index contributed by atoms with van der Waals surface area (Å²) in [5.74, 6) is -0.399. The summed E-state index contributed by atoms with van der Waals surface area (Å²) in [7, 11) is -6.11. The van der Waals surface area contributed by atoms with Crippen LogP contribution in [0.3, 0.4) is 0 Å². The third-order valence-electron chi connectivity index (χ3n) is 2.49. The first kappa shape index (κ1) is 20.4. The van der Waals surface area contributed by atoms with Crippen LogP contribution in [0.2, 0.25) is 0 Å². The average molecular weight is 382 g/mol. The second kappa shape index (κ2) is 8.42. The molecule has 0 aromatic heterocycles. The highest BCUT2D eigenvalue weighted by Crippen LogP contribution is 2.20. The zero-order valence-electron chi connectivity index (χ0n) is 13.3. The monoisotopic (exact) mass is 382 g/mol. The standard InChI is InChI=1S/C13H18O9S2/c1-19-13(14)9-20-12-5-10(7-21-23(2,15)16)4-11(6-12)8-22-24(3,17)18/h4-6H,7-9H2,1-3H3.